The van der Waals surface area contributed by atoms with E-state index in [1.807, 2.05) is 0 Å². The summed E-state index contributed by atoms with van der Waals surface area (Å²) in [6.45, 7) is 6.94. The fourth-order valence-corrected chi connectivity index (χ4v) is 4.44. The molecule has 0 spiro atoms. The normalized spacial score (nSPS) is 10.4. The van der Waals surface area contributed by atoms with Gasteiger partial charge in [0.15, 0.2) is 0 Å². The molecule has 4 heteroatoms. The Morgan fingerprint density at radius 2 is 1.00 bits per heavy atom. The SMILES string of the molecule is CCCCP(CCCC)CCCC.[Cl][Pd][Cl]. The van der Waals surface area contributed by atoms with E-state index in [0.717, 1.165) is 0 Å². The van der Waals surface area contributed by atoms with Gasteiger partial charge in [-0.3, -0.25) is 0 Å². The quantitative estimate of drug-likeness (QED) is 0.328. The molecule has 104 valence electrons. The molecule has 0 saturated heterocycles. The third kappa shape index (κ3) is 18.0. The molecule has 0 aliphatic heterocycles. The fourth-order valence-electron chi connectivity index (χ4n) is 1.48. The van der Waals surface area contributed by atoms with Crippen molar-refractivity contribution in [3.8, 4) is 0 Å². The molecule has 0 amide bonds. The first-order valence-electron chi connectivity index (χ1n) is 6.31. The molecule has 0 aromatic carbocycles. The summed E-state index contributed by atoms with van der Waals surface area (Å²) in [4.78, 5) is 0. The number of halogens is 2. The van der Waals surface area contributed by atoms with Crippen LogP contribution in [0.15, 0.2) is 0 Å². The average molecular weight is 380 g/mol. The van der Waals surface area contributed by atoms with Gasteiger partial charge in [-0.25, -0.2) is 0 Å². The predicted octanol–water partition coefficient (Wildman–Crippen LogP) is 6.25. The van der Waals surface area contributed by atoms with Gasteiger partial charge in [0.25, 0.3) is 0 Å². The van der Waals surface area contributed by atoms with E-state index >= 15 is 0 Å². The van der Waals surface area contributed by atoms with Crippen molar-refractivity contribution in [2.45, 2.75) is 59.3 Å². The van der Waals surface area contributed by atoms with Gasteiger partial charge in [-0.15, -0.1) is 7.92 Å². The van der Waals surface area contributed by atoms with Crippen LogP contribution in [-0.2, 0) is 15.9 Å². The summed E-state index contributed by atoms with van der Waals surface area (Å²) < 4.78 is 0. The topological polar surface area (TPSA) is 0 Å². The van der Waals surface area contributed by atoms with Crippen LogP contribution in [0, 0.1) is 0 Å². The second kappa shape index (κ2) is 19.0. The Bertz CT molecular complexity index is 96.2. The van der Waals surface area contributed by atoms with E-state index in [0.29, 0.717) is 7.92 Å². The second-order valence-corrected chi connectivity index (χ2v) is 8.99. The summed E-state index contributed by atoms with van der Waals surface area (Å²) in [5.74, 6) is 0. The van der Waals surface area contributed by atoms with E-state index in [-0.39, 0.29) is 15.9 Å². The molecule has 0 radical (unpaired) electrons. The van der Waals surface area contributed by atoms with Gasteiger partial charge >= 0.3 is 35.0 Å². The molecule has 0 saturated carbocycles. The minimum atomic E-state index is -0.106. The third-order valence-corrected chi connectivity index (χ3v) is 5.33. The van der Waals surface area contributed by atoms with Gasteiger partial charge in [0, 0.05) is 0 Å². The van der Waals surface area contributed by atoms with Crippen LogP contribution in [0.3, 0.4) is 0 Å². The Kier molecular flexibility index (Phi) is 23.8. The molecule has 0 N–H and O–H groups in total. The van der Waals surface area contributed by atoms with Crippen LogP contribution < -0.4 is 0 Å². The summed E-state index contributed by atoms with van der Waals surface area (Å²) in [5, 5.41) is 0. The standard InChI is InChI=1S/C12H27P.2ClH.Pd/c1-4-7-10-13(11-8-5-2)12-9-6-3;;;/h4-12H2,1-3H3;2*1H;/q;;;+2/p-2. The molecular weight excluding hydrogens is 352 g/mol. The van der Waals surface area contributed by atoms with Crippen molar-refractivity contribution in [3.05, 3.63) is 0 Å². The molecule has 0 rings (SSSR count). The Hall–Kier alpha value is 1.67. The van der Waals surface area contributed by atoms with Crippen LogP contribution in [0.4, 0.5) is 0 Å². The molecule has 0 nitrogen and oxygen atoms in total. The zero-order valence-corrected chi connectivity index (χ0v) is 14.8. The van der Waals surface area contributed by atoms with Crippen LogP contribution in [0.2, 0.25) is 0 Å². The van der Waals surface area contributed by atoms with E-state index < -0.39 is 0 Å². The maximum absolute atomic E-state index is 4.81. The van der Waals surface area contributed by atoms with Crippen LogP contribution in [0.25, 0.3) is 0 Å². The van der Waals surface area contributed by atoms with Gasteiger partial charge in [-0.2, -0.15) is 0 Å². The van der Waals surface area contributed by atoms with Gasteiger partial charge in [0.05, 0.1) is 0 Å². The molecule has 0 unspecified atom stereocenters. The Morgan fingerprint density at radius 1 is 0.750 bits per heavy atom. The van der Waals surface area contributed by atoms with E-state index in [9.17, 15) is 0 Å². The van der Waals surface area contributed by atoms with Gasteiger partial charge in [0.1, 0.15) is 0 Å². The molecule has 0 aliphatic carbocycles. The van der Waals surface area contributed by atoms with E-state index in [1.165, 1.54) is 38.5 Å². The summed E-state index contributed by atoms with van der Waals surface area (Å²) >= 11 is -0.106. The van der Waals surface area contributed by atoms with Gasteiger partial charge in [0.2, 0.25) is 0 Å². The fraction of sp³-hybridized carbons (Fsp3) is 1.00. The van der Waals surface area contributed by atoms with Crippen molar-refractivity contribution >= 4 is 27.0 Å². The van der Waals surface area contributed by atoms with E-state index in [2.05, 4.69) is 20.8 Å². The first kappa shape index (κ1) is 20.0. The molecule has 0 heterocycles. The Balaban J connectivity index is 0. The minimum absolute atomic E-state index is 0.106. The van der Waals surface area contributed by atoms with Crippen molar-refractivity contribution in [2.75, 3.05) is 18.5 Å². The molecule has 0 atom stereocenters. The maximum atomic E-state index is 4.81. The Morgan fingerprint density at radius 3 is 1.19 bits per heavy atom. The zero-order chi connectivity index (χ0) is 12.6. The molecule has 0 aromatic heterocycles. The number of hydrogen-bond acceptors (Lipinski definition) is 0. The van der Waals surface area contributed by atoms with Crippen LogP contribution in [0.5, 0.6) is 0 Å². The summed E-state index contributed by atoms with van der Waals surface area (Å²) in [5.41, 5.74) is 0. The van der Waals surface area contributed by atoms with Gasteiger partial charge in [-0.1, -0.05) is 40.0 Å². The van der Waals surface area contributed by atoms with Crippen LogP contribution in [0.1, 0.15) is 59.3 Å². The number of rotatable bonds is 9. The predicted molar refractivity (Wildman–Crippen MR) is 78.0 cm³/mol. The number of unbranched alkanes of at least 4 members (excludes halogenated alkanes) is 3. The summed E-state index contributed by atoms with van der Waals surface area (Å²) in [6.07, 6.45) is 13.2. The summed E-state index contributed by atoms with van der Waals surface area (Å²) in [6, 6.07) is 0. The van der Waals surface area contributed by atoms with Crippen molar-refractivity contribution in [2.24, 2.45) is 0 Å². The van der Waals surface area contributed by atoms with Crippen molar-refractivity contribution in [3.63, 3.8) is 0 Å². The Labute approximate surface area is 120 Å². The van der Waals surface area contributed by atoms with Gasteiger partial charge in [-0.05, 0) is 37.7 Å². The molecule has 0 bridgehead atoms. The van der Waals surface area contributed by atoms with Gasteiger partial charge < -0.3 is 0 Å². The van der Waals surface area contributed by atoms with E-state index in [1.54, 1.807) is 18.5 Å². The van der Waals surface area contributed by atoms with Crippen molar-refractivity contribution in [1.29, 1.82) is 0 Å². The monoisotopic (exact) mass is 378 g/mol. The first-order chi connectivity index (χ1) is 7.76. The zero-order valence-electron chi connectivity index (χ0n) is 10.9. The van der Waals surface area contributed by atoms with E-state index in [4.69, 9.17) is 19.1 Å². The molecular formula is C12H27Cl2PPd. The molecule has 0 aromatic rings. The molecule has 0 aliphatic rings. The third-order valence-electron chi connectivity index (χ3n) is 2.48. The molecule has 16 heavy (non-hydrogen) atoms. The van der Waals surface area contributed by atoms with Crippen LogP contribution in [-0.4, -0.2) is 18.5 Å². The number of hydrogen-bond donors (Lipinski definition) is 0. The average Bonchev–Trinajstić information content (AvgIpc) is 2.29. The van der Waals surface area contributed by atoms with Crippen molar-refractivity contribution in [1.82, 2.24) is 0 Å². The van der Waals surface area contributed by atoms with Crippen molar-refractivity contribution < 1.29 is 15.9 Å². The first-order valence-corrected chi connectivity index (χ1v) is 12.2. The molecule has 0 fully saturated rings. The second-order valence-electron chi connectivity index (χ2n) is 3.95. The van der Waals surface area contributed by atoms with Crippen LogP contribution >= 0.6 is 27.0 Å². The summed E-state index contributed by atoms with van der Waals surface area (Å²) in [7, 11) is 10.0.